The molecule has 0 aliphatic heterocycles. The Kier molecular flexibility index (Phi) is 2.60. The second-order valence-corrected chi connectivity index (χ2v) is 2.86. The molecule has 3 N–H and O–H groups in total. The van der Waals surface area contributed by atoms with Gasteiger partial charge in [0.2, 0.25) is 0 Å². The average Bonchev–Trinajstić information content (AvgIpc) is 2.01. The summed E-state index contributed by atoms with van der Waals surface area (Å²) in [5, 5.41) is 9.78. The van der Waals surface area contributed by atoms with Crippen LogP contribution in [0.5, 0.6) is 5.75 Å². The van der Waals surface area contributed by atoms with E-state index in [0.29, 0.717) is 10.6 Å². The van der Waals surface area contributed by atoms with Crippen molar-refractivity contribution in [3.63, 3.8) is 0 Å². The first-order valence-electron chi connectivity index (χ1n) is 3.02. The first kappa shape index (κ1) is 8.65. The van der Waals surface area contributed by atoms with Crippen LogP contribution in [0.3, 0.4) is 0 Å². The third-order valence-corrected chi connectivity index (χ3v) is 2.17. The smallest absolute Gasteiger partial charge is 0.140 e. The molecule has 0 atom stereocenters. The normalized spacial score (nSPS) is 10.1. The second-order valence-electron chi connectivity index (χ2n) is 2.07. The summed E-state index contributed by atoms with van der Waals surface area (Å²) < 4.78 is 0. The molecule has 0 unspecified atom stereocenters. The molecule has 0 aliphatic rings. The summed E-state index contributed by atoms with van der Waals surface area (Å²) in [6.07, 6.45) is 0. The lowest BCUT2D eigenvalue weighted by Gasteiger charge is -2.03. The van der Waals surface area contributed by atoms with Gasteiger partial charge in [-0.2, -0.15) is 0 Å². The van der Waals surface area contributed by atoms with E-state index in [4.69, 9.17) is 28.9 Å². The zero-order valence-electron chi connectivity index (χ0n) is 5.64. The highest BCUT2D eigenvalue weighted by molar-refractivity contribution is 6.43. The van der Waals surface area contributed by atoms with Crippen LogP contribution >= 0.6 is 23.2 Å². The summed E-state index contributed by atoms with van der Waals surface area (Å²) in [4.78, 5) is 0. The minimum atomic E-state index is -0.0262. The van der Waals surface area contributed by atoms with Crippen LogP contribution in [0.2, 0.25) is 10.0 Å². The minimum Gasteiger partial charge on any atom is -0.506 e. The standard InChI is InChI=1S/C7H7Cl2NO/c8-5-2-1-4(3-10)7(11)6(5)9/h1-2,11H,3,10H2. The van der Waals surface area contributed by atoms with Crippen LogP contribution < -0.4 is 5.73 Å². The van der Waals surface area contributed by atoms with Crippen molar-refractivity contribution in [3.05, 3.63) is 27.7 Å². The van der Waals surface area contributed by atoms with Crippen LogP contribution in [0.4, 0.5) is 0 Å². The van der Waals surface area contributed by atoms with Gasteiger partial charge in [-0.1, -0.05) is 29.3 Å². The summed E-state index contributed by atoms with van der Waals surface area (Å²) in [6, 6.07) is 3.25. The van der Waals surface area contributed by atoms with Gasteiger partial charge in [-0.3, -0.25) is 0 Å². The van der Waals surface area contributed by atoms with E-state index in [1.54, 1.807) is 12.1 Å². The van der Waals surface area contributed by atoms with E-state index in [1.165, 1.54) is 0 Å². The van der Waals surface area contributed by atoms with Crippen molar-refractivity contribution in [3.8, 4) is 5.75 Å². The molecule has 1 aromatic rings. The third kappa shape index (κ3) is 1.59. The molecule has 4 heteroatoms. The van der Waals surface area contributed by atoms with E-state index in [2.05, 4.69) is 0 Å². The van der Waals surface area contributed by atoms with Gasteiger partial charge < -0.3 is 10.8 Å². The molecule has 0 saturated heterocycles. The summed E-state index contributed by atoms with van der Waals surface area (Å²) in [6.45, 7) is 0.253. The summed E-state index contributed by atoms with van der Waals surface area (Å²) in [5.41, 5.74) is 5.90. The van der Waals surface area contributed by atoms with Gasteiger partial charge in [-0.05, 0) is 6.07 Å². The SMILES string of the molecule is NCc1ccc(Cl)c(Cl)c1O. The van der Waals surface area contributed by atoms with Crippen molar-refractivity contribution >= 4 is 23.2 Å². The van der Waals surface area contributed by atoms with Crippen molar-refractivity contribution in [1.82, 2.24) is 0 Å². The number of halogens is 2. The van der Waals surface area contributed by atoms with E-state index >= 15 is 0 Å². The van der Waals surface area contributed by atoms with Crippen molar-refractivity contribution < 1.29 is 5.11 Å². The lowest BCUT2D eigenvalue weighted by atomic mass is 10.2. The summed E-state index contributed by atoms with van der Waals surface area (Å²) >= 11 is 11.2. The molecule has 0 radical (unpaired) electrons. The van der Waals surface area contributed by atoms with Crippen molar-refractivity contribution in [2.75, 3.05) is 0 Å². The zero-order chi connectivity index (χ0) is 8.43. The van der Waals surface area contributed by atoms with Gasteiger partial charge in [0.15, 0.2) is 0 Å². The molecule has 60 valence electrons. The van der Waals surface area contributed by atoms with Crippen molar-refractivity contribution in [1.29, 1.82) is 0 Å². The maximum absolute atomic E-state index is 9.28. The van der Waals surface area contributed by atoms with E-state index in [-0.39, 0.29) is 17.3 Å². The molecule has 0 amide bonds. The van der Waals surface area contributed by atoms with Crippen molar-refractivity contribution in [2.24, 2.45) is 5.73 Å². The Hall–Kier alpha value is -0.440. The van der Waals surface area contributed by atoms with Gasteiger partial charge >= 0.3 is 0 Å². The number of benzene rings is 1. The molecule has 0 aromatic heterocycles. The minimum absolute atomic E-state index is 0.0262. The Balaban J connectivity index is 3.25. The number of hydrogen-bond donors (Lipinski definition) is 2. The van der Waals surface area contributed by atoms with Crippen LogP contribution in [-0.4, -0.2) is 5.11 Å². The van der Waals surface area contributed by atoms with Crippen LogP contribution in [0.25, 0.3) is 0 Å². The van der Waals surface area contributed by atoms with Gasteiger partial charge in [0, 0.05) is 12.1 Å². The van der Waals surface area contributed by atoms with E-state index < -0.39 is 0 Å². The molecular formula is C7H7Cl2NO. The maximum Gasteiger partial charge on any atom is 0.140 e. The lowest BCUT2D eigenvalue weighted by Crippen LogP contribution is -1.96. The molecule has 0 aliphatic carbocycles. The van der Waals surface area contributed by atoms with Crippen LogP contribution in [0.15, 0.2) is 12.1 Å². The first-order chi connectivity index (χ1) is 5.16. The van der Waals surface area contributed by atoms with Gasteiger partial charge in [0.05, 0.1) is 5.02 Å². The number of nitrogens with two attached hydrogens (primary N) is 1. The molecule has 0 spiro atoms. The Morgan fingerprint density at radius 2 is 2.00 bits per heavy atom. The van der Waals surface area contributed by atoms with Gasteiger partial charge in [-0.25, -0.2) is 0 Å². The van der Waals surface area contributed by atoms with Crippen LogP contribution in [0.1, 0.15) is 5.56 Å². The molecular weight excluding hydrogens is 185 g/mol. The predicted octanol–water partition coefficient (Wildman–Crippen LogP) is 2.16. The van der Waals surface area contributed by atoms with Gasteiger partial charge in [0.25, 0.3) is 0 Å². The molecule has 11 heavy (non-hydrogen) atoms. The highest BCUT2D eigenvalue weighted by Gasteiger charge is 2.07. The van der Waals surface area contributed by atoms with E-state index in [0.717, 1.165) is 0 Å². The maximum atomic E-state index is 9.28. The predicted molar refractivity (Wildman–Crippen MR) is 46.0 cm³/mol. The van der Waals surface area contributed by atoms with Gasteiger partial charge in [-0.15, -0.1) is 0 Å². The number of rotatable bonds is 1. The van der Waals surface area contributed by atoms with E-state index in [1.807, 2.05) is 0 Å². The number of phenols is 1. The third-order valence-electron chi connectivity index (χ3n) is 1.37. The Morgan fingerprint density at radius 1 is 1.36 bits per heavy atom. The molecule has 0 fully saturated rings. The van der Waals surface area contributed by atoms with Gasteiger partial charge in [0.1, 0.15) is 10.8 Å². The van der Waals surface area contributed by atoms with Crippen LogP contribution in [-0.2, 0) is 6.54 Å². The molecule has 1 rings (SSSR count). The fourth-order valence-electron chi connectivity index (χ4n) is 0.745. The summed E-state index contributed by atoms with van der Waals surface area (Å²) in [7, 11) is 0. The van der Waals surface area contributed by atoms with Crippen molar-refractivity contribution in [2.45, 2.75) is 6.54 Å². The highest BCUT2D eigenvalue weighted by atomic mass is 35.5. The van der Waals surface area contributed by atoms with Crippen LogP contribution in [0, 0.1) is 0 Å². The monoisotopic (exact) mass is 191 g/mol. The largest absolute Gasteiger partial charge is 0.506 e. The Labute approximate surface area is 74.5 Å². The van der Waals surface area contributed by atoms with E-state index in [9.17, 15) is 5.11 Å². The zero-order valence-corrected chi connectivity index (χ0v) is 7.15. The summed E-state index contributed by atoms with van der Waals surface area (Å²) in [5.74, 6) is -0.0262. The Morgan fingerprint density at radius 3 is 2.55 bits per heavy atom. The molecule has 0 saturated carbocycles. The quantitative estimate of drug-likeness (QED) is 0.715. The highest BCUT2D eigenvalue weighted by Crippen LogP contribution is 2.33. The number of aromatic hydroxyl groups is 1. The first-order valence-corrected chi connectivity index (χ1v) is 3.78. The lowest BCUT2D eigenvalue weighted by molar-refractivity contribution is 0.469. The number of phenolic OH excluding ortho intramolecular Hbond substituents is 1. The Bertz CT molecular complexity index is 275. The average molecular weight is 192 g/mol. The molecule has 0 bridgehead atoms. The molecule has 0 heterocycles. The topological polar surface area (TPSA) is 46.2 Å². The number of hydrogen-bond acceptors (Lipinski definition) is 2. The second kappa shape index (κ2) is 3.30. The molecule has 1 aromatic carbocycles. The fourth-order valence-corrected chi connectivity index (χ4v) is 1.08. The fraction of sp³-hybridized carbons (Fsp3) is 0.143. The molecule has 2 nitrogen and oxygen atoms in total.